The minimum Gasteiger partial charge on any atom is -0.356 e. The molecule has 29 heavy (non-hydrogen) atoms. The molecule has 156 valence electrons. The first-order valence-electron chi connectivity index (χ1n) is 9.40. The average Bonchev–Trinajstić information content (AvgIpc) is 3.35. The Kier molecular flexibility index (Phi) is 8.62. The molecule has 2 aromatic heterocycles. The molecule has 0 aliphatic carbocycles. The van der Waals surface area contributed by atoms with E-state index in [1.807, 2.05) is 68.3 Å². The summed E-state index contributed by atoms with van der Waals surface area (Å²) < 4.78 is 7.15. The third-order valence-corrected chi connectivity index (χ3v) is 4.27. The fourth-order valence-electron chi connectivity index (χ4n) is 2.78. The highest BCUT2D eigenvalue weighted by atomic mass is 127. The Hall–Kier alpha value is -2.43. The summed E-state index contributed by atoms with van der Waals surface area (Å²) in [6, 6.07) is 10.1. The van der Waals surface area contributed by atoms with Gasteiger partial charge in [-0.15, -0.1) is 24.0 Å². The standard InChI is InChI=1S/C20H27N7O.HI/c1-15(2)19-24-18(28-25-19)10-11-22-20(21-3)26(4)13-16-12-23-27(14-16)17-8-6-5-7-9-17;/h5-9,12,14-15H,10-11,13H2,1-4H3,(H,21,22);1H. The van der Waals surface area contributed by atoms with Crippen LogP contribution >= 0.6 is 24.0 Å². The minimum atomic E-state index is 0. The molecule has 9 heteroatoms. The first-order valence-corrected chi connectivity index (χ1v) is 9.40. The van der Waals surface area contributed by atoms with E-state index in [1.165, 1.54) is 0 Å². The van der Waals surface area contributed by atoms with Gasteiger partial charge in [0.25, 0.3) is 0 Å². The van der Waals surface area contributed by atoms with Crippen LogP contribution in [0.4, 0.5) is 0 Å². The molecule has 0 aliphatic rings. The number of para-hydroxylation sites is 1. The minimum absolute atomic E-state index is 0. The summed E-state index contributed by atoms with van der Waals surface area (Å²) in [6.07, 6.45) is 4.56. The van der Waals surface area contributed by atoms with Gasteiger partial charge >= 0.3 is 0 Å². The van der Waals surface area contributed by atoms with Gasteiger partial charge in [0, 0.05) is 51.3 Å². The molecule has 3 aromatic rings. The lowest BCUT2D eigenvalue weighted by Gasteiger charge is -2.21. The number of halogens is 1. The van der Waals surface area contributed by atoms with Crippen molar-refractivity contribution in [3.63, 3.8) is 0 Å². The second kappa shape index (κ2) is 10.9. The molecule has 0 amide bonds. The number of guanidine groups is 1. The zero-order valence-electron chi connectivity index (χ0n) is 17.2. The van der Waals surface area contributed by atoms with Crippen LogP contribution in [-0.2, 0) is 13.0 Å². The Morgan fingerprint density at radius 2 is 2.03 bits per heavy atom. The number of aliphatic imine (C=N–C) groups is 1. The number of hydrogen-bond donors (Lipinski definition) is 1. The summed E-state index contributed by atoms with van der Waals surface area (Å²) in [7, 11) is 3.77. The smallest absolute Gasteiger partial charge is 0.228 e. The fourth-order valence-corrected chi connectivity index (χ4v) is 2.78. The highest BCUT2D eigenvalue weighted by Gasteiger charge is 2.11. The summed E-state index contributed by atoms with van der Waals surface area (Å²) in [6.45, 7) is 5.46. The molecule has 8 nitrogen and oxygen atoms in total. The first kappa shape index (κ1) is 22.9. The maximum atomic E-state index is 5.28. The van der Waals surface area contributed by atoms with Gasteiger partial charge in [-0.05, 0) is 12.1 Å². The van der Waals surface area contributed by atoms with E-state index in [1.54, 1.807) is 7.05 Å². The van der Waals surface area contributed by atoms with Crippen LogP contribution in [0, 0.1) is 0 Å². The fraction of sp³-hybridized carbons (Fsp3) is 0.400. The normalized spacial score (nSPS) is 11.4. The molecular formula is C20H28IN7O. The van der Waals surface area contributed by atoms with Gasteiger partial charge in [0.05, 0.1) is 11.9 Å². The molecule has 0 saturated carbocycles. The van der Waals surface area contributed by atoms with Crippen molar-refractivity contribution in [3.8, 4) is 5.69 Å². The van der Waals surface area contributed by atoms with Gasteiger partial charge in [-0.2, -0.15) is 10.1 Å². The van der Waals surface area contributed by atoms with Gasteiger partial charge in [-0.1, -0.05) is 37.2 Å². The number of nitrogens with zero attached hydrogens (tertiary/aromatic N) is 6. The third-order valence-electron chi connectivity index (χ3n) is 4.27. The molecule has 0 saturated heterocycles. The molecule has 0 fully saturated rings. The topological polar surface area (TPSA) is 84.4 Å². The lowest BCUT2D eigenvalue weighted by Crippen LogP contribution is -2.39. The van der Waals surface area contributed by atoms with Gasteiger partial charge in [-0.25, -0.2) is 4.68 Å². The molecular weight excluding hydrogens is 481 g/mol. The maximum Gasteiger partial charge on any atom is 0.228 e. The predicted octanol–water partition coefficient (Wildman–Crippen LogP) is 3.25. The second-order valence-electron chi connectivity index (χ2n) is 6.91. The van der Waals surface area contributed by atoms with E-state index in [4.69, 9.17) is 4.52 Å². The van der Waals surface area contributed by atoms with E-state index >= 15 is 0 Å². The van der Waals surface area contributed by atoms with Crippen LogP contribution in [0.5, 0.6) is 0 Å². The SMILES string of the molecule is CN=C(NCCc1nc(C(C)C)no1)N(C)Cc1cnn(-c2ccccc2)c1.I. The van der Waals surface area contributed by atoms with Crippen molar-refractivity contribution in [2.75, 3.05) is 20.6 Å². The van der Waals surface area contributed by atoms with E-state index in [0.717, 1.165) is 23.0 Å². The Morgan fingerprint density at radius 1 is 1.28 bits per heavy atom. The largest absolute Gasteiger partial charge is 0.356 e. The van der Waals surface area contributed by atoms with E-state index < -0.39 is 0 Å². The van der Waals surface area contributed by atoms with Crippen LogP contribution in [0.1, 0.15) is 37.0 Å². The number of hydrogen-bond acceptors (Lipinski definition) is 5. The summed E-state index contributed by atoms with van der Waals surface area (Å²) in [4.78, 5) is 10.8. The molecule has 0 bridgehead atoms. The molecule has 1 aromatic carbocycles. The van der Waals surface area contributed by atoms with Crippen molar-refractivity contribution in [2.24, 2.45) is 4.99 Å². The average molecular weight is 509 g/mol. The van der Waals surface area contributed by atoms with Crippen molar-refractivity contribution in [1.82, 2.24) is 30.1 Å². The van der Waals surface area contributed by atoms with Crippen molar-refractivity contribution in [1.29, 1.82) is 0 Å². The zero-order valence-corrected chi connectivity index (χ0v) is 19.6. The summed E-state index contributed by atoms with van der Waals surface area (Å²) in [5, 5.41) is 11.8. The number of nitrogens with one attached hydrogen (secondary N) is 1. The molecule has 0 unspecified atom stereocenters. The molecule has 0 radical (unpaired) electrons. The molecule has 2 heterocycles. The monoisotopic (exact) mass is 509 g/mol. The lowest BCUT2D eigenvalue weighted by molar-refractivity contribution is 0.370. The Balaban J connectivity index is 0.00000300. The van der Waals surface area contributed by atoms with Crippen LogP contribution in [0.25, 0.3) is 5.69 Å². The summed E-state index contributed by atoms with van der Waals surface area (Å²) in [5.41, 5.74) is 2.15. The molecule has 0 atom stereocenters. The van der Waals surface area contributed by atoms with Crippen molar-refractivity contribution >= 4 is 29.9 Å². The molecule has 0 aliphatic heterocycles. The predicted molar refractivity (Wildman–Crippen MR) is 124 cm³/mol. The van der Waals surface area contributed by atoms with Crippen molar-refractivity contribution in [3.05, 3.63) is 60.0 Å². The first-order chi connectivity index (χ1) is 13.6. The second-order valence-corrected chi connectivity index (χ2v) is 6.91. The zero-order chi connectivity index (χ0) is 19.9. The van der Waals surface area contributed by atoms with E-state index in [0.29, 0.717) is 25.4 Å². The Morgan fingerprint density at radius 3 is 2.69 bits per heavy atom. The van der Waals surface area contributed by atoms with Crippen LogP contribution < -0.4 is 5.32 Å². The highest BCUT2D eigenvalue weighted by molar-refractivity contribution is 14.0. The Labute approximate surface area is 188 Å². The number of rotatable bonds is 7. The van der Waals surface area contributed by atoms with Crippen LogP contribution in [0.2, 0.25) is 0 Å². The van der Waals surface area contributed by atoms with Gasteiger partial charge < -0.3 is 14.7 Å². The maximum absolute atomic E-state index is 5.28. The van der Waals surface area contributed by atoms with Crippen LogP contribution in [0.15, 0.2) is 52.2 Å². The van der Waals surface area contributed by atoms with Crippen LogP contribution in [0.3, 0.4) is 0 Å². The molecule has 1 N–H and O–H groups in total. The van der Waals surface area contributed by atoms with Crippen LogP contribution in [-0.4, -0.2) is 51.4 Å². The lowest BCUT2D eigenvalue weighted by atomic mass is 10.2. The molecule has 0 spiro atoms. The third kappa shape index (κ3) is 6.28. The quantitative estimate of drug-likeness (QED) is 0.299. The van der Waals surface area contributed by atoms with Gasteiger partial charge in [-0.3, -0.25) is 4.99 Å². The van der Waals surface area contributed by atoms with Crippen molar-refractivity contribution in [2.45, 2.75) is 32.7 Å². The summed E-state index contributed by atoms with van der Waals surface area (Å²) in [5.74, 6) is 2.45. The number of benzene rings is 1. The summed E-state index contributed by atoms with van der Waals surface area (Å²) >= 11 is 0. The van der Waals surface area contributed by atoms with Gasteiger partial charge in [0.15, 0.2) is 11.8 Å². The number of aromatic nitrogens is 4. The highest BCUT2D eigenvalue weighted by Crippen LogP contribution is 2.10. The molecule has 3 rings (SSSR count). The van der Waals surface area contributed by atoms with E-state index in [2.05, 4.69) is 30.4 Å². The van der Waals surface area contributed by atoms with E-state index in [9.17, 15) is 0 Å². The van der Waals surface area contributed by atoms with Crippen molar-refractivity contribution < 1.29 is 4.52 Å². The Bertz CT molecular complexity index is 904. The van der Waals surface area contributed by atoms with Gasteiger partial charge in [0.1, 0.15) is 0 Å². The van der Waals surface area contributed by atoms with Gasteiger partial charge in [0.2, 0.25) is 5.89 Å². The van der Waals surface area contributed by atoms with E-state index in [-0.39, 0.29) is 29.9 Å².